The fraction of sp³-hybridized carbons (Fsp3) is 0.364. The smallest absolute Gasteiger partial charge is 0.0623 e. The molecule has 0 heterocycles. The Morgan fingerprint density at radius 2 is 1.92 bits per heavy atom. The van der Waals surface area contributed by atoms with Gasteiger partial charge in [-0.3, -0.25) is 4.99 Å². The monoisotopic (exact) mass is 176 g/mol. The lowest BCUT2D eigenvalue weighted by Crippen LogP contribution is -2.17. The lowest BCUT2D eigenvalue weighted by molar-refractivity contribution is 0.852. The fourth-order valence-electron chi connectivity index (χ4n) is 1.28. The van der Waals surface area contributed by atoms with E-state index in [0.717, 1.165) is 18.7 Å². The average Bonchev–Trinajstić information content (AvgIpc) is 2.18. The molecule has 0 saturated heterocycles. The van der Waals surface area contributed by atoms with Crippen LogP contribution in [-0.2, 0) is 0 Å². The Bertz CT molecular complexity index is 264. The van der Waals surface area contributed by atoms with E-state index in [9.17, 15) is 0 Å². The maximum atomic E-state index is 3.85. The molecule has 0 unspecified atom stereocenters. The van der Waals surface area contributed by atoms with Crippen LogP contribution in [-0.4, -0.2) is 20.3 Å². The first-order valence-electron chi connectivity index (χ1n) is 4.56. The summed E-state index contributed by atoms with van der Waals surface area (Å²) in [6, 6.07) is 8.10. The van der Waals surface area contributed by atoms with Crippen molar-refractivity contribution in [2.45, 2.75) is 13.3 Å². The largest absolute Gasteiger partial charge is 0.375 e. The van der Waals surface area contributed by atoms with E-state index >= 15 is 0 Å². The van der Waals surface area contributed by atoms with Gasteiger partial charge in [0.05, 0.1) is 5.69 Å². The molecule has 0 aliphatic carbocycles. The molecule has 0 aromatic heterocycles. The summed E-state index contributed by atoms with van der Waals surface area (Å²) >= 11 is 0. The van der Waals surface area contributed by atoms with Crippen LogP contribution in [0.25, 0.3) is 0 Å². The van der Waals surface area contributed by atoms with Gasteiger partial charge in [-0.25, -0.2) is 0 Å². The van der Waals surface area contributed by atoms with Crippen LogP contribution in [0.2, 0.25) is 0 Å². The van der Waals surface area contributed by atoms with Crippen LogP contribution in [0.5, 0.6) is 0 Å². The van der Waals surface area contributed by atoms with Crippen LogP contribution >= 0.6 is 0 Å². The Morgan fingerprint density at radius 3 is 2.38 bits per heavy atom. The van der Waals surface area contributed by atoms with Gasteiger partial charge >= 0.3 is 0 Å². The summed E-state index contributed by atoms with van der Waals surface area (Å²) in [5, 5.41) is 0. The fourth-order valence-corrected chi connectivity index (χ4v) is 1.28. The van der Waals surface area contributed by atoms with Crippen molar-refractivity contribution < 1.29 is 0 Å². The van der Waals surface area contributed by atoms with E-state index in [1.54, 1.807) is 0 Å². The molecule has 0 N–H and O–H groups in total. The molecule has 2 nitrogen and oxygen atoms in total. The van der Waals surface area contributed by atoms with Crippen molar-refractivity contribution in [3.8, 4) is 0 Å². The molecular weight excluding hydrogens is 160 g/mol. The molecule has 0 amide bonds. The Morgan fingerprint density at radius 1 is 1.31 bits per heavy atom. The number of aliphatic imine (C=N–C) groups is 1. The minimum Gasteiger partial charge on any atom is -0.375 e. The summed E-state index contributed by atoms with van der Waals surface area (Å²) in [5.74, 6) is 0. The molecule has 0 aliphatic rings. The van der Waals surface area contributed by atoms with Crippen LogP contribution in [0, 0.1) is 0 Å². The molecule has 1 aromatic carbocycles. The highest BCUT2D eigenvalue weighted by molar-refractivity contribution is 5.54. The second-order valence-corrected chi connectivity index (χ2v) is 3.10. The minimum atomic E-state index is 0.925. The predicted molar refractivity (Wildman–Crippen MR) is 59.2 cm³/mol. The van der Waals surface area contributed by atoms with Crippen molar-refractivity contribution in [3.63, 3.8) is 0 Å². The summed E-state index contributed by atoms with van der Waals surface area (Å²) < 4.78 is 0. The molecule has 0 saturated carbocycles. The SMILES string of the molecule is C=Nc1ccc(N(C)CCC)cc1. The van der Waals surface area contributed by atoms with Gasteiger partial charge in [0.1, 0.15) is 0 Å². The van der Waals surface area contributed by atoms with Gasteiger partial charge in [0.25, 0.3) is 0 Å². The third kappa shape index (κ3) is 2.58. The highest BCUT2D eigenvalue weighted by Crippen LogP contribution is 2.18. The normalized spacial score (nSPS) is 9.69. The first-order valence-corrected chi connectivity index (χ1v) is 4.56. The van der Waals surface area contributed by atoms with Crippen LogP contribution in [0.1, 0.15) is 13.3 Å². The molecule has 13 heavy (non-hydrogen) atoms. The van der Waals surface area contributed by atoms with Gasteiger partial charge in [-0.1, -0.05) is 6.92 Å². The van der Waals surface area contributed by atoms with Crippen LogP contribution in [0.15, 0.2) is 29.3 Å². The number of hydrogen-bond acceptors (Lipinski definition) is 2. The standard InChI is InChI=1S/C11H16N2/c1-4-9-13(3)11-7-5-10(12-2)6-8-11/h5-8H,2,4,9H2,1,3H3. The molecular formula is C11H16N2. The third-order valence-electron chi connectivity index (χ3n) is 2.03. The molecule has 2 heteroatoms. The van der Waals surface area contributed by atoms with Gasteiger partial charge in [-0.15, -0.1) is 0 Å². The van der Waals surface area contributed by atoms with Gasteiger partial charge in [-0.05, 0) is 37.4 Å². The van der Waals surface area contributed by atoms with E-state index in [-0.39, 0.29) is 0 Å². The Hall–Kier alpha value is -1.31. The van der Waals surface area contributed by atoms with E-state index < -0.39 is 0 Å². The topological polar surface area (TPSA) is 15.6 Å². The number of rotatable bonds is 4. The predicted octanol–water partition coefficient (Wildman–Crippen LogP) is 2.86. The number of hydrogen-bond donors (Lipinski definition) is 0. The number of anilines is 1. The maximum Gasteiger partial charge on any atom is 0.0623 e. The van der Waals surface area contributed by atoms with Crippen LogP contribution < -0.4 is 4.90 Å². The molecule has 1 aromatic rings. The summed E-state index contributed by atoms with van der Waals surface area (Å²) in [7, 11) is 2.10. The first-order chi connectivity index (χ1) is 6.27. The number of benzene rings is 1. The van der Waals surface area contributed by atoms with E-state index in [0.29, 0.717) is 0 Å². The van der Waals surface area contributed by atoms with Crippen molar-refractivity contribution >= 4 is 18.1 Å². The molecule has 0 atom stereocenters. The zero-order valence-corrected chi connectivity index (χ0v) is 8.33. The quantitative estimate of drug-likeness (QED) is 0.644. The Kier molecular flexibility index (Phi) is 3.50. The number of nitrogens with zero attached hydrogens (tertiary/aromatic N) is 2. The van der Waals surface area contributed by atoms with Crippen molar-refractivity contribution in [1.29, 1.82) is 0 Å². The minimum absolute atomic E-state index is 0.925. The molecule has 1 rings (SSSR count). The van der Waals surface area contributed by atoms with Crippen molar-refractivity contribution in [1.82, 2.24) is 0 Å². The molecule has 0 bridgehead atoms. The van der Waals surface area contributed by atoms with E-state index in [1.807, 2.05) is 12.1 Å². The average molecular weight is 176 g/mol. The van der Waals surface area contributed by atoms with E-state index in [4.69, 9.17) is 0 Å². The summed E-state index contributed by atoms with van der Waals surface area (Å²) in [5.41, 5.74) is 2.16. The summed E-state index contributed by atoms with van der Waals surface area (Å²) in [6.07, 6.45) is 1.16. The Balaban J connectivity index is 2.73. The summed E-state index contributed by atoms with van der Waals surface area (Å²) in [4.78, 5) is 6.08. The highest BCUT2D eigenvalue weighted by atomic mass is 15.1. The zero-order chi connectivity index (χ0) is 9.68. The molecule has 0 radical (unpaired) electrons. The first kappa shape index (κ1) is 9.78. The lowest BCUT2D eigenvalue weighted by Gasteiger charge is -2.17. The van der Waals surface area contributed by atoms with Gasteiger partial charge < -0.3 is 4.90 Å². The molecule has 70 valence electrons. The van der Waals surface area contributed by atoms with Gasteiger partial charge in [0.2, 0.25) is 0 Å². The summed E-state index contributed by atoms with van der Waals surface area (Å²) in [6.45, 7) is 6.74. The van der Waals surface area contributed by atoms with Crippen molar-refractivity contribution in [2.24, 2.45) is 4.99 Å². The van der Waals surface area contributed by atoms with Crippen LogP contribution in [0.4, 0.5) is 11.4 Å². The second-order valence-electron chi connectivity index (χ2n) is 3.10. The van der Waals surface area contributed by atoms with Gasteiger partial charge in [0.15, 0.2) is 0 Å². The van der Waals surface area contributed by atoms with Gasteiger partial charge in [-0.2, -0.15) is 0 Å². The maximum absolute atomic E-state index is 3.85. The van der Waals surface area contributed by atoms with Crippen molar-refractivity contribution in [2.75, 3.05) is 18.5 Å². The van der Waals surface area contributed by atoms with Gasteiger partial charge in [0, 0.05) is 19.3 Å². The van der Waals surface area contributed by atoms with Crippen LogP contribution in [0.3, 0.4) is 0 Å². The molecule has 0 spiro atoms. The second kappa shape index (κ2) is 4.65. The molecule has 0 fully saturated rings. The zero-order valence-electron chi connectivity index (χ0n) is 8.33. The molecule has 0 aliphatic heterocycles. The van der Waals surface area contributed by atoms with E-state index in [1.165, 1.54) is 5.69 Å². The lowest BCUT2D eigenvalue weighted by atomic mass is 10.2. The van der Waals surface area contributed by atoms with Crippen molar-refractivity contribution in [3.05, 3.63) is 24.3 Å². The van der Waals surface area contributed by atoms with E-state index in [2.05, 4.69) is 42.7 Å². The third-order valence-corrected chi connectivity index (χ3v) is 2.03. The Labute approximate surface area is 79.9 Å². The highest BCUT2D eigenvalue weighted by Gasteiger charge is 1.97.